The summed E-state index contributed by atoms with van der Waals surface area (Å²) in [7, 11) is 0. The maximum atomic E-state index is 11.8. The van der Waals surface area contributed by atoms with Crippen LogP contribution in [0.2, 0.25) is 0 Å². The Bertz CT molecular complexity index is 352. The second-order valence-electron chi connectivity index (χ2n) is 6.65. The van der Waals surface area contributed by atoms with Crippen LogP contribution in [0.3, 0.4) is 0 Å². The molecule has 3 nitrogen and oxygen atoms in total. The summed E-state index contributed by atoms with van der Waals surface area (Å²) in [6.45, 7) is 8.91. The summed E-state index contributed by atoms with van der Waals surface area (Å²) < 4.78 is 5.39. The Kier molecular flexibility index (Phi) is 3.68. The fraction of sp³-hybridized carbons (Fsp3) is 0.800. The van der Waals surface area contributed by atoms with Crippen LogP contribution in [0, 0.1) is 30.1 Å². The number of ether oxygens (including phenoxy) is 1. The van der Waals surface area contributed by atoms with Gasteiger partial charge in [-0.2, -0.15) is 0 Å². The average Bonchev–Trinajstić information content (AvgIpc) is 2.09. The molecule has 3 heteroatoms. The monoisotopic (exact) mass is 249 g/mol. The summed E-state index contributed by atoms with van der Waals surface area (Å²) >= 11 is 0. The molecular weight excluding hydrogens is 226 g/mol. The zero-order valence-electron chi connectivity index (χ0n) is 11.6. The van der Waals surface area contributed by atoms with E-state index in [1.807, 2.05) is 20.8 Å². The molecule has 0 atom stereocenters. The van der Waals surface area contributed by atoms with Gasteiger partial charge < -0.3 is 9.64 Å². The van der Waals surface area contributed by atoms with Crippen molar-refractivity contribution in [2.45, 2.75) is 39.2 Å². The van der Waals surface area contributed by atoms with Crippen molar-refractivity contribution in [3.63, 3.8) is 0 Å². The Morgan fingerprint density at radius 1 is 1.39 bits per heavy atom. The van der Waals surface area contributed by atoms with E-state index in [1.54, 1.807) is 0 Å². The summed E-state index contributed by atoms with van der Waals surface area (Å²) in [5.41, 5.74) is -0.361. The van der Waals surface area contributed by atoms with Crippen molar-refractivity contribution >= 4 is 5.97 Å². The summed E-state index contributed by atoms with van der Waals surface area (Å²) in [5.74, 6) is 3.98. The molecule has 1 saturated heterocycles. The fourth-order valence-electron chi connectivity index (χ4n) is 2.65. The van der Waals surface area contributed by atoms with Gasteiger partial charge in [0.25, 0.3) is 0 Å². The van der Waals surface area contributed by atoms with E-state index in [-0.39, 0.29) is 17.5 Å². The van der Waals surface area contributed by atoms with Gasteiger partial charge in [0.2, 0.25) is 0 Å². The molecule has 0 aromatic carbocycles. The maximum absolute atomic E-state index is 11.8. The SMILES string of the molecule is C#CC1CN(CC2CC(C(=O)OC(C)(C)C)C2)C1. The Morgan fingerprint density at radius 3 is 2.50 bits per heavy atom. The molecule has 0 amide bonds. The lowest BCUT2D eigenvalue weighted by atomic mass is 9.74. The molecule has 0 unspecified atom stereocenters. The van der Waals surface area contributed by atoms with Crippen molar-refractivity contribution in [1.29, 1.82) is 0 Å². The van der Waals surface area contributed by atoms with Crippen LogP contribution in [0.5, 0.6) is 0 Å². The van der Waals surface area contributed by atoms with Gasteiger partial charge in [-0.1, -0.05) is 0 Å². The molecule has 1 aliphatic heterocycles. The van der Waals surface area contributed by atoms with Crippen molar-refractivity contribution in [2.24, 2.45) is 17.8 Å². The molecule has 18 heavy (non-hydrogen) atoms. The van der Waals surface area contributed by atoms with Crippen molar-refractivity contribution in [3.8, 4) is 12.3 Å². The fourth-order valence-corrected chi connectivity index (χ4v) is 2.65. The number of hydrogen-bond acceptors (Lipinski definition) is 3. The standard InChI is InChI=1S/C15H23NO2/c1-5-11-8-16(9-11)10-12-6-13(7-12)14(17)18-15(2,3)4/h1,11-13H,6-10H2,2-4H3. The highest BCUT2D eigenvalue weighted by molar-refractivity contribution is 5.73. The summed E-state index contributed by atoms with van der Waals surface area (Å²) in [4.78, 5) is 14.2. The zero-order chi connectivity index (χ0) is 13.3. The van der Waals surface area contributed by atoms with Crippen LogP contribution in [0.1, 0.15) is 33.6 Å². The number of likely N-dealkylation sites (tertiary alicyclic amines) is 1. The first-order valence-electron chi connectivity index (χ1n) is 6.78. The maximum Gasteiger partial charge on any atom is 0.309 e. The Morgan fingerprint density at radius 2 is 2.00 bits per heavy atom. The van der Waals surface area contributed by atoms with Crippen LogP contribution in [0.15, 0.2) is 0 Å². The highest BCUT2D eigenvalue weighted by atomic mass is 16.6. The molecule has 0 radical (unpaired) electrons. The van der Waals surface area contributed by atoms with Crippen LogP contribution >= 0.6 is 0 Å². The molecule has 0 spiro atoms. The molecule has 0 aromatic rings. The number of rotatable bonds is 3. The zero-order valence-corrected chi connectivity index (χ0v) is 11.6. The highest BCUT2D eigenvalue weighted by Crippen LogP contribution is 2.37. The highest BCUT2D eigenvalue weighted by Gasteiger charge is 2.39. The van der Waals surface area contributed by atoms with E-state index >= 15 is 0 Å². The van der Waals surface area contributed by atoms with Crippen molar-refractivity contribution in [3.05, 3.63) is 0 Å². The molecule has 1 saturated carbocycles. The predicted molar refractivity (Wildman–Crippen MR) is 70.8 cm³/mol. The van der Waals surface area contributed by atoms with Crippen LogP contribution in [-0.4, -0.2) is 36.1 Å². The number of terminal acetylenes is 1. The molecule has 2 rings (SSSR count). The summed E-state index contributed by atoms with van der Waals surface area (Å²) in [5, 5.41) is 0. The number of nitrogens with zero attached hydrogens (tertiary/aromatic N) is 1. The molecular formula is C15H23NO2. The quantitative estimate of drug-likeness (QED) is 0.565. The Balaban J connectivity index is 1.63. The van der Waals surface area contributed by atoms with Gasteiger partial charge in [0, 0.05) is 25.6 Å². The lowest BCUT2D eigenvalue weighted by Crippen LogP contribution is -2.50. The van der Waals surface area contributed by atoms with Gasteiger partial charge in [0.1, 0.15) is 5.60 Å². The van der Waals surface area contributed by atoms with Crippen LogP contribution < -0.4 is 0 Å². The minimum absolute atomic E-state index is 0.0242. The number of carbonyl (C=O) groups is 1. The molecule has 2 aliphatic rings. The molecule has 0 aromatic heterocycles. The first-order valence-corrected chi connectivity index (χ1v) is 6.78. The molecule has 1 heterocycles. The first kappa shape index (κ1) is 13.4. The van der Waals surface area contributed by atoms with E-state index in [0.29, 0.717) is 11.8 Å². The third-order valence-corrected chi connectivity index (χ3v) is 3.69. The lowest BCUT2D eigenvalue weighted by molar-refractivity contribution is -0.165. The van der Waals surface area contributed by atoms with Gasteiger partial charge >= 0.3 is 5.97 Å². The second-order valence-corrected chi connectivity index (χ2v) is 6.65. The van der Waals surface area contributed by atoms with Gasteiger partial charge in [0.15, 0.2) is 0 Å². The average molecular weight is 249 g/mol. The Hall–Kier alpha value is -1.01. The molecule has 100 valence electrons. The third-order valence-electron chi connectivity index (χ3n) is 3.69. The normalized spacial score (nSPS) is 29.0. The van der Waals surface area contributed by atoms with Crippen LogP contribution in [-0.2, 0) is 9.53 Å². The summed E-state index contributed by atoms with van der Waals surface area (Å²) in [6, 6.07) is 0. The first-order chi connectivity index (χ1) is 8.37. The van der Waals surface area contributed by atoms with Crippen molar-refractivity contribution in [1.82, 2.24) is 4.90 Å². The Labute approximate surface area is 110 Å². The number of carbonyl (C=O) groups excluding carboxylic acids is 1. The van der Waals surface area contributed by atoms with Gasteiger partial charge in [-0.3, -0.25) is 4.79 Å². The van der Waals surface area contributed by atoms with Crippen LogP contribution in [0.4, 0.5) is 0 Å². The van der Waals surface area contributed by atoms with E-state index in [2.05, 4.69) is 10.8 Å². The van der Waals surface area contributed by atoms with E-state index in [9.17, 15) is 4.79 Å². The lowest BCUT2D eigenvalue weighted by Gasteiger charge is -2.43. The molecule has 1 aliphatic carbocycles. The minimum atomic E-state index is -0.361. The van der Waals surface area contributed by atoms with Gasteiger partial charge in [-0.15, -0.1) is 12.3 Å². The topological polar surface area (TPSA) is 29.5 Å². The van der Waals surface area contributed by atoms with Gasteiger partial charge in [0.05, 0.1) is 5.92 Å². The van der Waals surface area contributed by atoms with E-state index in [0.717, 1.165) is 32.5 Å². The minimum Gasteiger partial charge on any atom is -0.460 e. The number of hydrogen-bond donors (Lipinski definition) is 0. The molecule has 0 N–H and O–H groups in total. The van der Waals surface area contributed by atoms with Gasteiger partial charge in [-0.25, -0.2) is 0 Å². The predicted octanol–water partition coefficient (Wildman–Crippen LogP) is 1.92. The van der Waals surface area contributed by atoms with Crippen molar-refractivity contribution in [2.75, 3.05) is 19.6 Å². The van der Waals surface area contributed by atoms with E-state index in [4.69, 9.17) is 11.2 Å². The third kappa shape index (κ3) is 3.26. The summed E-state index contributed by atoms with van der Waals surface area (Å²) in [6.07, 6.45) is 7.31. The van der Waals surface area contributed by atoms with E-state index < -0.39 is 0 Å². The largest absolute Gasteiger partial charge is 0.460 e. The van der Waals surface area contributed by atoms with Crippen LogP contribution in [0.25, 0.3) is 0 Å². The van der Waals surface area contributed by atoms with Gasteiger partial charge in [-0.05, 0) is 39.5 Å². The van der Waals surface area contributed by atoms with E-state index in [1.165, 1.54) is 0 Å². The smallest absolute Gasteiger partial charge is 0.309 e. The number of esters is 1. The van der Waals surface area contributed by atoms with Crippen molar-refractivity contribution < 1.29 is 9.53 Å². The molecule has 2 fully saturated rings. The molecule has 0 bridgehead atoms. The second kappa shape index (κ2) is 4.93.